The second kappa shape index (κ2) is 16.3. The number of carboxylic acid groups (broad SMARTS) is 1. The van der Waals surface area contributed by atoms with Crippen LogP contribution in [0, 0.1) is 0 Å². The number of rotatable bonds is 13. The van der Waals surface area contributed by atoms with Crippen molar-refractivity contribution in [2.45, 2.75) is 69.0 Å². The predicted molar refractivity (Wildman–Crippen MR) is 210 cm³/mol. The summed E-state index contributed by atoms with van der Waals surface area (Å²) in [4.78, 5) is 42.3. The highest BCUT2D eigenvalue weighted by molar-refractivity contribution is 5.87. The van der Waals surface area contributed by atoms with Crippen molar-refractivity contribution >= 4 is 34.9 Å². The molecule has 1 aliphatic carbocycles. The van der Waals surface area contributed by atoms with Crippen molar-refractivity contribution in [2.75, 3.05) is 29.9 Å². The molecule has 5 atom stereocenters. The van der Waals surface area contributed by atoms with Gasteiger partial charge in [0.15, 0.2) is 22.8 Å². The van der Waals surface area contributed by atoms with Gasteiger partial charge in [-0.1, -0.05) is 79.7 Å². The van der Waals surface area contributed by atoms with E-state index in [1.54, 1.807) is 23.0 Å². The number of aromatic carboxylic acids is 1. The molecule has 1 aliphatic heterocycles. The minimum Gasteiger partial charge on any atom is -0.478 e. The SMILES string of the molecule is CCc1nnn([C@H]2C[C@@H](n3cnc4c(NCC(c5ccccc5)c5ccccc5)nc(N5CC[C@@H](NC(=O)NCc6ccc(C(=O)O)cc6)C5)nc43)[C@H](O)[C@@H]2O)n1. The first kappa shape index (κ1) is 37.5. The molecule has 0 spiro atoms. The van der Waals surface area contributed by atoms with E-state index >= 15 is 0 Å². The third-order valence-electron chi connectivity index (χ3n) is 10.8. The molecule has 1 saturated carbocycles. The molecule has 0 unspecified atom stereocenters. The number of carbonyl (C=O) groups is 2. The van der Waals surface area contributed by atoms with E-state index < -0.39 is 30.3 Å². The average molecular weight is 773 g/mol. The smallest absolute Gasteiger partial charge is 0.335 e. The maximum absolute atomic E-state index is 12.9. The van der Waals surface area contributed by atoms with Crippen LogP contribution in [0.3, 0.4) is 0 Å². The second-order valence-electron chi connectivity index (χ2n) is 14.4. The van der Waals surface area contributed by atoms with Gasteiger partial charge in [0.25, 0.3) is 0 Å². The van der Waals surface area contributed by atoms with E-state index in [-0.39, 0.29) is 30.1 Å². The number of imidazole rings is 1. The molecule has 4 heterocycles. The molecular weight excluding hydrogens is 729 g/mol. The van der Waals surface area contributed by atoms with Crippen LogP contribution < -0.4 is 20.9 Å². The molecule has 2 aliphatic rings. The monoisotopic (exact) mass is 772 g/mol. The summed E-state index contributed by atoms with van der Waals surface area (Å²) in [5.41, 5.74) is 4.23. The molecule has 1 saturated heterocycles. The lowest BCUT2D eigenvalue weighted by Crippen LogP contribution is -2.43. The van der Waals surface area contributed by atoms with Crippen molar-refractivity contribution in [3.05, 3.63) is 119 Å². The molecule has 3 aromatic heterocycles. The van der Waals surface area contributed by atoms with Crippen molar-refractivity contribution in [2.24, 2.45) is 0 Å². The first-order valence-corrected chi connectivity index (χ1v) is 19.1. The Morgan fingerprint density at radius 3 is 2.28 bits per heavy atom. The fourth-order valence-electron chi connectivity index (χ4n) is 7.68. The van der Waals surface area contributed by atoms with E-state index in [0.29, 0.717) is 67.7 Å². The van der Waals surface area contributed by atoms with Crippen molar-refractivity contribution in [1.82, 2.24) is 50.4 Å². The summed E-state index contributed by atoms with van der Waals surface area (Å²) in [6, 6.07) is 25.1. The summed E-state index contributed by atoms with van der Waals surface area (Å²) in [5.74, 6) is 0.484. The number of carbonyl (C=O) groups excluding carboxylic acids is 1. The fraction of sp³-hybridized carbons (Fsp3) is 0.350. The van der Waals surface area contributed by atoms with Crippen LogP contribution in [0.1, 0.15) is 70.6 Å². The lowest BCUT2D eigenvalue weighted by molar-refractivity contribution is 0.00473. The topological polar surface area (TPSA) is 221 Å². The number of benzene rings is 3. The van der Waals surface area contributed by atoms with E-state index in [2.05, 4.69) is 55.6 Å². The zero-order valence-corrected chi connectivity index (χ0v) is 31.3. The molecule has 2 fully saturated rings. The number of hydrogen-bond acceptors (Lipinski definition) is 12. The summed E-state index contributed by atoms with van der Waals surface area (Å²) < 4.78 is 1.80. The molecule has 6 N–H and O–H groups in total. The van der Waals surface area contributed by atoms with Gasteiger partial charge in [0.2, 0.25) is 5.95 Å². The van der Waals surface area contributed by atoms with Gasteiger partial charge in [0.1, 0.15) is 18.2 Å². The lowest BCUT2D eigenvalue weighted by atomic mass is 9.91. The van der Waals surface area contributed by atoms with E-state index in [9.17, 15) is 19.8 Å². The van der Waals surface area contributed by atoms with Crippen LogP contribution in [0.5, 0.6) is 0 Å². The third kappa shape index (κ3) is 7.97. The van der Waals surface area contributed by atoms with Crippen LogP contribution in [-0.4, -0.2) is 105 Å². The molecule has 294 valence electrons. The third-order valence-corrected chi connectivity index (χ3v) is 10.8. The molecule has 57 heavy (non-hydrogen) atoms. The number of amides is 2. The molecule has 3 aromatic carbocycles. The number of urea groups is 1. The number of aliphatic hydroxyl groups is 2. The van der Waals surface area contributed by atoms with Gasteiger partial charge in [-0.05, 0) is 46.9 Å². The number of anilines is 2. The second-order valence-corrected chi connectivity index (χ2v) is 14.4. The number of fused-ring (bicyclic) bond motifs is 1. The minimum absolute atomic E-state index is 0.00677. The van der Waals surface area contributed by atoms with Gasteiger partial charge in [-0.15, -0.1) is 10.2 Å². The van der Waals surface area contributed by atoms with E-state index in [1.165, 1.54) is 16.9 Å². The zero-order valence-electron chi connectivity index (χ0n) is 31.3. The summed E-state index contributed by atoms with van der Waals surface area (Å²) in [5, 5.41) is 53.9. The van der Waals surface area contributed by atoms with Crippen LogP contribution >= 0.6 is 0 Å². The number of aromatic nitrogens is 8. The first-order chi connectivity index (χ1) is 27.7. The van der Waals surface area contributed by atoms with Crippen LogP contribution in [0.2, 0.25) is 0 Å². The number of aryl methyl sites for hydroxylation is 1. The Hall–Kier alpha value is -6.46. The molecule has 17 heteroatoms. The molecule has 6 aromatic rings. The van der Waals surface area contributed by atoms with Crippen LogP contribution in [-0.2, 0) is 13.0 Å². The Morgan fingerprint density at radius 1 is 0.912 bits per heavy atom. The van der Waals surface area contributed by atoms with Gasteiger partial charge < -0.3 is 40.7 Å². The largest absolute Gasteiger partial charge is 0.478 e. The molecular formula is C40H44N12O5. The molecule has 8 rings (SSSR count). The van der Waals surface area contributed by atoms with Crippen LogP contribution in [0.15, 0.2) is 91.3 Å². The van der Waals surface area contributed by atoms with E-state index in [4.69, 9.17) is 20.1 Å². The quantitative estimate of drug-likeness (QED) is 0.0994. The molecule has 2 amide bonds. The Balaban J connectivity index is 1.05. The highest BCUT2D eigenvalue weighted by Crippen LogP contribution is 2.40. The maximum atomic E-state index is 12.9. The van der Waals surface area contributed by atoms with Crippen molar-refractivity contribution in [3.63, 3.8) is 0 Å². The highest BCUT2D eigenvalue weighted by Gasteiger charge is 2.45. The normalized spacial score (nSPS) is 20.6. The number of carboxylic acids is 1. The minimum atomic E-state index is -1.16. The van der Waals surface area contributed by atoms with Gasteiger partial charge >= 0.3 is 12.0 Å². The predicted octanol–water partition coefficient (Wildman–Crippen LogP) is 3.30. The van der Waals surface area contributed by atoms with Crippen LogP contribution in [0.4, 0.5) is 16.6 Å². The number of hydrogen-bond donors (Lipinski definition) is 6. The number of nitrogens with zero attached hydrogens (tertiary/aromatic N) is 9. The van der Waals surface area contributed by atoms with Crippen LogP contribution in [0.25, 0.3) is 11.2 Å². The van der Waals surface area contributed by atoms with Crippen molar-refractivity contribution < 1.29 is 24.9 Å². The van der Waals surface area contributed by atoms with Crippen molar-refractivity contribution in [1.29, 1.82) is 0 Å². The van der Waals surface area contributed by atoms with Gasteiger partial charge in [-0.25, -0.2) is 14.6 Å². The Labute approximate surface area is 327 Å². The summed E-state index contributed by atoms with van der Waals surface area (Å²) in [7, 11) is 0. The average Bonchev–Trinajstić information content (AvgIpc) is 4.05. The summed E-state index contributed by atoms with van der Waals surface area (Å²) >= 11 is 0. The molecule has 0 bridgehead atoms. The van der Waals surface area contributed by atoms with Gasteiger partial charge in [0, 0.05) is 44.6 Å². The maximum Gasteiger partial charge on any atom is 0.335 e. The number of aliphatic hydroxyl groups excluding tert-OH is 2. The Kier molecular flexibility index (Phi) is 10.7. The fourth-order valence-corrected chi connectivity index (χ4v) is 7.68. The number of nitrogens with one attached hydrogen (secondary N) is 3. The molecule has 17 nitrogen and oxygen atoms in total. The standard InChI is InChI=1S/C40H44N12O5/c1-2-32-47-49-52(48-32)31-19-30(34(53)35(31)54)51-23-43-33-36(41-21-29(25-9-5-3-6-10-25)26-11-7-4-8-12-26)45-39(46-37(33)51)50-18-17-28(22-50)44-40(57)42-20-24-13-15-27(16-14-24)38(55)56/h3-16,23,28-31,34-35,53-54H,2,17-22H2,1H3,(H,55,56)(H,41,45,46)(H2,42,44,57)/t28-,30-,31+,34+,35-/m1/s1. The highest BCUT2D eigenvalue weighted by atomic mass is 16.4. The Bertz CT molecular complexity index is 2280. The van der Waals surface area contributed by atoms with Gasteiger partial charge in [-0.3, -0.25) is 0 Å². The Morgan fingerprint density at radius 2 is 1.61 bits per heavy atom. The van der Waals surface area contributed by atoms with Gasteiger partial charge in [-0.2, -0.15) is 14.8 Å². The summed E-state index contributed by atoms with van der Waals surface area (Å²) in [6.07, 6.45) is 0.871. The van der Waals surface area contributed by atoms with E-state index in [1.807, 2.05) is 48.2 Å². The van der Waals surface area contributed by atoms with Gasteiger partial charge in [0.05, 0.1) is 17.9 Å². The molecule has 0 radical (unpaired) electrons. The zero-order chi connectivity index (χ0) is 39.5. The number of tetrazole rings is 1. The summed E-state index contributed by atoms with van der Waals surface area (Å²) in [6.45, 7) is 3.68. The van der Waals surface area contributed by atoms with Crippen molar-refractivity contribution in [3.8, 4) is 0 Å². The first-order valence-electron chi connectivity index (χ1n) is 19.1. The van der Waals surface area contributed by atoms with E-state index in [0.717, 1.165) is 16.7 Å². The lowest BCUT2D eigenvalue weighted by Gasteiger charge is -2.22.